The zero-order valence-electron chi connectivity index (χ0n) is 14.9. The molecule has 0 aromatic heterocycles. The van der Waals surface area contributed by atoms with Crippen LogP contribution < -0.4 is 15.4 Å². The van der Waals surface area contributed by atoms with Gasteiger partial charge in [0, 0.05) is 19.0 Å². The first-order valence-corrected chi connectivity index (χ1v) is 9.28. The first-order chi connectivity index (χ1) is 12.8. The Morgan fingerprint density at radius 3 is 2.56 bits per heavy atom. The Labute approximate surface area is 155 Å². The Hall–Kier alpha value is -2.25. The van der Waals surface area contributed by atoms with Gasteiger partial charge in [-0.05, 0) is 50.3 Å². The van der Waals surface area contributed by atoms with Crippen LogP contribution in [0.4, 0.5) is 13.2 Å². The van der Waals surface area contributed by atoms with Crippen LogP contribution in [0.25, 0.3) is 0 Å². The molecule has 8 heteroatoms. The van der Waals surface area contributed by atoms with Crippen molar-refractivity contribution in [1.29, 1.82) is 0 Å². The standard InChI is InChI=1S/C19H23F3N2O3/c20-19(21,22)12-6-7-15(16(10-12)27-14-4-2-1-3-5-14)18(26)24-13-8-9-23-17(25)11-13/h6-7,10,13-14H,1-5,8-9,11H2,(H,23,25)(H,24,26). The van der Waals surface area contributed by atoms with Gasteiger partial charge in [-0.25, -0.2) is 0 Å². The van der Waals surface area contributed by atoms with Crippen LogP contribution in [0.15, 0.2) is 18.2 Å². The number of benzene rings is 1. The maximum absolute atomic E-state index is 13.1. The third-order valence-corrected chi connectivity index (χ3v) is 4.98. The molecule has 2 N–H and O–H groups in total. The number of hydrogen-bond acceptors (Lipinski definition) is 3. The molecule has 0 spiro atoms. The van der Waals surface area contributed by atoms with Crippen molar-refractivity contribution in [3.05, 3.63) is 29.3 Å². The van der Waals surface area contributed by atoms with Gasteiger partial charge in [0.05, 0.1) is 17.2 Å². The van der Waals surface area contributed by atoms with E-state index in [0.717, 1.165) is 50.3 Å². The molecule has 1 aromatic carbocycles. The number of nitrogens with one attached hydrogen (secondary N) is 2. The predicted octanol–water partition coefficient (Wildman–Crippen LogP) is 3.43. The highest BCUT2D eigenvalue weighted by atomic mass is 19.4. The van der Waals surface area contributed by atoms with E-state index >= 15 is 0 Å². The zero-order valence-corrected chi connectivity index (χ0v) is 14.9. The van der Waals surface area contributed by atoms with Crippen LogP contribution in [-0.4, -0.2) is 30.5 Å². The van der Waals surface area contributed by atoms with E-state index in [2.05, 4.69) is 10.6 Å². The molecule has 2 fully saturated rings. The fourth-order valence-electron chi connectivity index (χ4n) is 3.52. The van der Waals surface area contributed by atoms with E-state index < -0.39 is 17.6 Å². The molecular formula is C19H23F3N2O3. The summed E-state index contributed by atoms with van der Waals surface area (Å²) in [6, 6.07) is 2.60. The SMILES string of the molecule is O=C1CC(NC(=O)c2ccc(C(F)(F)F)cc2OC2CCCCC2)CCN1. The smallest absolute Gasteiger partial charge is 0.416 e. The van der Waals surface area contributed by atoms with Crippen molar-refractivity contribution in [2.24, 2.45) is 0 Å². The fourth-order valence-corrected chi connectivity index (χ4v) is 3.52. The van der Waals surface area contributed by atoms with E-state index in [4.69, 9.17) is 4.74 Å². The number of carbonyl (C=O) groups is 2. The Balaban J connectivity index is 1.81. The molecule has 2 amide bonds. The molecule has 1 saturated heterocycles. The lowest BCUT2D eigenvalue weighted by Crippen LogP contribution is -2.45. The van der Waals surface area contributed by atoms with Crippen LogP contribution in [-0.2, 0) is 11.0 Å². The highest BCUT2D eigenvalue weighted by Gasteiger charge is 2.33. The molecule has 148 valence electrons. The minimum atomic E-state index is -4.51. The van der Waals surface area contributed by atoms with Gasteiger partial charge < -0.3 is 15.4 Å². The minimum absolute atomic E-state index is 0.0468. The molecule has 1 unspecified atom stereocenters. The second-order valence-electron chi connectivity index (χ2n) is 7.10. The average molecular weight is 384 g/mol. The van der Waals surface area contributed by atoms with Gasteiger partial charge >= 0.3 is 6.18 Å². The molecule has 1 aliphatic heterocycles. The summed E-state index contributed by atoms with van der Waals surface area (Å²) in [5.41, 5.74) is -0.776. The van der Waals surface area contributed by atoms with Crippen LogP contribution >= 0.6 is 0 Å². The predicted molar refractivity (Wildman–Crippen MR) is 92.4 cm³/mol. The molecule has 0 radical (unpaired) electrons. The van der Waals surface area contributed by atoms with E-state index in [1.165, 1.54) is 0 Å². The quantitative estimate of drug-likeness (QED) is 0.836. The summed E-state index contributed by atoms with van der Waals surface area (Å²) in [5.74, 6) is -0.721. The first-order valence-electron chi connectivity index (χ1n) is 9.28. The summed E-state index contributed by atoms with van der Waals surface area (Å²) in [6.45, 7) is 0.461. The van der Waals surface area contributed by atoms with Gasteiger partial charge in [-0.15, -0.1) is 0 Å². The monoisotopic (exact) mass is 384 g/mol. The zero-order chi connectivity index (χ0) is 19.4. The molecular weight excluding hydrogens is 361 g/mol. The van der Waals surface area contributed by atoms with Crippen molar-refractivity contribution in [3.8, 4) is 5.75 Å². The molecule has 27 heavy (non-hydrogen) atoms. The van der Waals surface area contributed by atoms with Gasteiger partial charge in [0.25, 0.3) is 5.91 Å². The van der Waals surface area contributed by atoms with E-state index in [1.807, 2.05) is 0 Å². The highest BCUT2D eigenvalue weighted by molar-refractivity contribution is 5.97. The lowest BCUT2D eigenvalue weighted by Gasteiger charge is -2.26. The number of ether oxygens (including phenoxy) is 1. The van der Waals surface area contributed by atoms with Gasteiger partial charge in [0.2, 0.25) is 5.91 Å². The molecule has 1 heterocycles. The second kappa shape index (κ2) is 8.19. The normalized spacial score (nSPS) is 21.4. The van der Waals surface area contributed by atoms with Crippen molar-refractivity contribution < 1.29 is 27.5 Å². The average Bonchev–Trinajstić information content (AvgIpc) is 2.62. The van der Waals surface area contributed by atoms with Crippen molar-refractivity contribution in [1.82, 2.24) is 10.6 Å². The molecule has 5 nitrogen and oxygen atoms in total. The lowest BCUT2D eigenvalue weighted by molar-refractivity contribution is -0.137. The van der Waals surface area contributed by atoms with Gasteiger partial charge in [-0.3, -0.25) is 9.59 Å². The summed E-state index contributed by atoms with van der Waals surface area (Å²) >= 11 is 0. The molecule has 2 aliphatic rings. The van der Waals surface area contributed by atoms with Crippen molar-refractivity contribution in [2.75, 3.05) is 6.54 Å². The summed E-state index contributed by atoms with van der Waals surface area (Å²) < 4.78 is 45.1. The summed E-state index contributed by atoms with van der Waals surface area (Å²) in [5, 5.41) is 5.42. The minimum Gasteiger partial charge on any atom is -0.490 e. The number of rotatable bonds is 4. The first kappa shape index (κ1) is 19.5. The maximum Gasteiger partial charge on any atom is 0.416 e. The van der Waals surface area contributed by atoms with E-state index in [0.29, 0.717) is 13.0 Å². The van der Waals surface area contributed by atoms with Crippen LogP contribution in [0.1, 0.15) is 60.9 Å². The van der Waals surface area contributed by atoms with Crippen LogP contribution in [0, 0.1) is 0 Å². The van der Waals surface area contributed by atoms with Crippen LogP contribution in [0.2, 0.25) is 0 Å². The van der Waals surface area contributed by atoms with Crippen LogP contribution in [0.3, 0.4) is 0 Å². The van der Waals surface area contributed by atoms with Crippen LogP contribution in [0.5, 0.6) is 5.75 Å². The van der Waals surface area contributed by atoms with Crippen molar-refractivity contribution in [2.45, 2.75) is 63.3 Å². The second-order valence-corrected chi connectivity index (χ2v) is 7.10. The number of halogens is 3. The molecule has 1 saturated carbocycles. The van der Waals surface area contributed by atoms with Gasteiger partial charge in [-0.1, -0.05) is 6.42 Å². The van der Waals surface area contributed by atoms with E-state index in [-0.39, 0.29) is 35.8 Å². The molecule has 1 aliphatic carbocycles. The Kier molecular flexibility index (Phi) is 5.92. The molecule has 1 aromatic rings. The number of piperidine rings is 1. The Bertz CT molecular complexity index is 700. The lowest BCUT2D eigenvalue weighted by atomic mass is 9.97. The van der Waals surface area contributed by atoms with E-state index in [1.54, 1.807) is 0 Å². The third-order valence-electron chi connectivity index (χ3n) is 4.98. The third kappa shape index (κ3) is 5.14. The number of amides is 2. The Morgan fingerprint density at radius 2 is 1.89 bits per heavy atom. The van der Waals surface area contributed by atoms with Gasteiger partial charge in [-0.2, -0.15) is 13.2 Å². The fraction of sp³-hybridized carbons (Fsp3) is 0.579. The van der Waals surface area contributed by atoms with Gasteiger partial charge in [0.15, 0.2) is 0 Å². The summed E-state index contributed by atoms with van der Waals surface area (Å²) in [6.07, 6.45) is 0.572. The van der Waals surface area contributed by atoms with Crippen molar-refractivity contribution >= 4 is 11.8 Å². The van der Waals surface area contributed by atoms with Gasteiger partial charge in [0.1, 0.15) is 5.75 Å². The topological polar surface area (TPSA) is 67.4 Å². The molecule has 3 rings (SSSR count). The molecule has 0 bridgehead atoms. The largest absolute Gasteiger partial charge is 0.490 e. The number of alkyl halides is 3. The Morgan fingerprint density at radius 1 is 1.15 bits per heavy atom. The van der Waals surface area contributed by atoms with Crippen molar-refractivity contribution in [3.63, 3.8) is 0 Å². The maximum atomic E-state index is 13.1. The summed E-state index contributed by atoms with van der Waals surface area (Å²) in [7, 11) is 0. The number of hydrogen-bond donors (Lipinski definition) is 2. The number of carbonyl (C=O) groups excluding carboxylic acids is 2. The molecule has 1 atom stereocenters. The van der Waals surface area contributed by atoms with E-state index in [9.17, 15) is 22.8 Å². The summed E-state index contributed by atoms with van der Waals surface area (Å²) in [4.78, 5) is 24.1. The highest BCUT2D eigenvalue weighted by Crippen LogP contribution is 2.34.